The van der Waals surface area contributed by atoms with E-state index in [1.807, 2.05) is 18.2 Å². The van der Waals surface area contributed by atoms with Gasteiger partial charge in [0.2, 0.25) is 6.79 Å². The number of fused-ring (bicyclic) bond motifs is 1. The molecule has 174 valence electrons. The standard InChI is InChI=1S/C26H17ClN2O5S/c27-21-11-23-22(33-15-34-23)10-19(21)13-29-25(30)24(35-26(29)31)9-16-5-7-20(8-6-16)32-14-18-4-2-1-3-17(18)12-28/h1-11H,13-15H2/b24-9-. The molecule has 0 aliphatic carbocycles. The van der Waals surface area contributed by atoms with E-state index in [1.54, 1.807) is 48.5 Å². The molecule has 0 radical (unpaired) electrons. The van der Waals surface area contributed by atoms with Gasteiger partial charge in [-0.2, -0.15) is 5.26 Å². The third-order valence-corrected chi connectivity index (χ3v) is 6.71. The Kier molecular flexibility index (Phi) is 6.36. The van der Waals surface area contributed by atoms with Crippen LogP contribution in [0.3, 0.4) is 0 Å². The van der Waals surface area contributed by atoms with Crippen molar-refractivity contribution in [3.8, 4) is 23.3 Å². The first-order chi connectivity index (χ1) is 17.0. The Bertz CT molecular complexity index is 1400. The molecule has 0 spiro atoms. The maximum atomic E-state index is 12.9. The Hall–Kier alpha value is -3.93. The summed E-state index contributed by atoms with van der Waals surface area (Å²) >= 11 is 7.19. The average molecular weight is 505 g/mol. The third-order valence-electron chi connectivity index (χ3n) is 5.45. The molecule has 2 heterocycles. The molecule has 0 bridgehead atoms. The Morgan fingerprint density at radius 3 is 2.57 bits per heavy atom. The smallest absolute Gasteiger partial charge is 0.293 e. The molecular formula is C26H17ClN2O5S. The van der Waals surface area contributed by atoms with Crippen molar-refractivity contribution in [3.63, 3.8) is 0 Å². The van der Waals surface area contributed by atoms with Crippen molar-refractivity contribution in [2.24, 2.45) is 0 Å². The molecule has 1 saturated heterocycles. The molecule has 3 aromatic rings. The number of nitriles is 1. The van der Waals surface area contributed by atoms with E-state index in [0.717, 1.165) is 27.8 Å². The molecule has 0 saturated carbocycles. The Morgan fingerprint density at radius 1 is 1.06 bits per heavy atom. The van der Waals surface area contributed by atoms with Crippen molar-refractivity contribution in [1.29, 1.82) is 5.26 Å². The molecule has 1 fully saturated rings. The number of ether oxygens (including phenoxy) is 3. The molecule has 0 atom stereocenters. The minimum atomic E-state index is -0.387. The highest BCUT2D eigenvalue weighted by Crippen LogP contribution is 2.39. The summed E-state index contributed by atoms with van der Waals surface area (Å²) in [5.74, 6) is 1.31. The van der Waals surface area contributed by atoms with Gasteiger partial charge in [0, 0.05) is 16.7 Å². The Balaban J connectivity index is 1.26. The first kappa shape index (κ1) is 22.8. The summed E-state index contributed by atoms with van der Waals surface area (Å²) in [4.78, 5) is 26.9. The summed E-state index contributed by atoms with van der Waals surface area (Å²) in [7, 11) is 0. The van der Waals surface area contributed by atoms with Crippen molar-refractivity contribution in [2.45, 2.75) is 13.2 Å². The summed E-state index contributed by atoms with van der Waals surface area (Å²) < 4.78 is 16.4. The lowest BCUT2D eigenvalue weighted by Gasteiger charge is -2.14. The van der Waals surface area contributed by atoms with Crippen LogP contribution in [0.4, 0.5) is 4.79 Å². The lowest BCUT2D eigenvalue weighted by Crippen LogP contribution is -2.27. The predicted molar refractivity (Wildman–Crippen MR) is 131 cm³/mol. The molecule has 7 nitrogen and oxygen atoms in total. The molecule has 5 rings (SSSR count). The van der Waals surface area contributed by atoms with Crippen LogP contribution in [-0.4, -0.2) is 22.8 Å². The van der Waals surface area contributed by atoms with E-state index in [9.17, 15) is 14.9 Å². The maximum Gasteiger partial charge on any atom is 0.293 e. The van der Waals surface area contributed by atoms with Crippen LogP contribution in [0.1, 0.15) is 22.3 Å². The molecule has 2 aliphatic rings. The van der Waals surface area contributed by atoms with Gasteiger partial charge in [-0.15, -0.1) is 0 Å². The molecule has 35 heavy (non-hydrogen) atoms. The zero-order valence-corrected chi connectivity index (χ0v) is 19.8. The fourth-order valence-corrected chi connectivity index (χ4v) is 4.67. The number of hydrogen-bond donors (Lipinski definition) is 0. The molecule has 0 unspecified atom stereocenters. The number of carbonyl (C=O) groups is 2. The highest BCUT2D eigenvalue weighted by molar-refractivity contribution is 8.18. The van der Waals surface area contributed by atoms with E-state index >= 15 is 0 Å². The van der Waals surface area contributed by atoms with E-state index in [-0.39, 0.29) is 31.1 Å². The van der Waals surface area contributed by atoms with Gasteiger partial charge in [0.1, 0.15) is 12.4 Å². The lowest BCUT2D eigenvalue weighted by molar-refractivity contribution is -0.123. The number of hydrogen-bond acceptors (Lipinski definition) is 7. The van der Waals surface area contributed by atoms with Crippen LogP contribution in [0.2, 0.25) is 5.02 Å². The Morgan fingerprint density at radius 2 is 1.80 bits per heavy atom. The molecule has 2 aliphatic heterocycles. The maximum absolute atomic E-state index is 12.9. The summed E-state index contributed by atoms with van der Waals surface area (Å²) in [6.07, 6.45) is 1.67. The highest BCUT2D eigenvalue weighted by atomic mass is 35.5. The molecule has 0 N–H and O–H groups in total. The van der Waals surface area contributed by atoms with Gasteiger partial charge in [0.25, 0.3) is 11.1 Å². The summed E-state index contributed by atoms with van der Waals surface area (Å²) in [5, 5.41) is 9.22. The van der Waals surface area contributed by atoms with Gasteiger partial charge in [-0.3, -0.25) is 14.5 Å². The molecular weight excluding hydrogens is 488 g/mol. The van der Waals surface area contributed by atoms with Gasteiger partial charge in [0.05, 0.1) is 23.1 Å². The Labute approximate surface area is 210 Å². The van der Waals surface area contributed by atoms with Crippen LogP contribution in [0.15, 0.2) is 65.6 Å². The molecule has 9 heteroatoms. The minimum Gasteiger partial charge on any atom is -0.489 e. The van der Waals surface area contributed by atoms with Gasteiger partial charge in [-0.05, 0) is 53.2 Å². The monoisotopic (exact) mass is 504 g/mol. The number of amides is 2. The number of nitrogens with zero attached hydrogens (tertiary/aromatic N) is 2. The quantitative estimate of drug-likeness (QED) is 0.394. The average Bonchev–Trinajstić information content (AvgIpc) is 3.42. The molecule has 2 amide bonds. The van der Waals surface area contributed by atoms with Crippen LogP contribution in [0.5, 0.6) is 17.2 Å². The van der Waals surface area contributed by atoms with Crippen LogP contribution in [0.25, 0.3) is 6.08 Å². The van der Waals surface area contributed by atoms with E-state index in [4.69, 9.17) is 25.8 Å². The van der Waals surface area contributed by atoms with Crippen molar-refractivity contribution < 1.29 is 23.8 Å². The second kappa shape index (κ2) is 9.74. The van der Waals surface area contributed by atoms with Crippen molar-refractivity contribution >= 4 is 40.6 Å². The minimum absolute atomic E-state index is 0.0361. The van der Waals surface area contributed by atoms with E-state index < -0.39 is 0 Å². The molecule has 3 aromatic carbocycles. The van der Waals surface area contributed by atoms with Crippen molar-refractivity contribution in [2.75, 3.05) is 6.79 Å². The zero-order chi connectivity index (χ0) is 24.4. The summed E-state index contributed by atoms with van der Waals surface area (Å²) in [6.45, 7) is 0.412. The van der Waals surface area contributed by atoms with Crippen LogP contribution in [-0.2, 0) is 17.9 Å². The van der Waals surface area contributed by atoms with Crippen molar-refractivity contribution in [3.05, 3.63) is 92.8 Å². The van der Waals surface area contributed by atoms with Gasteiger partial charge >= 0.3 is 0 Å². The van der Waals surface area contributed by atoms with Gasteiger partial charge < -0.3 is 14.2 Å². The number of halogens is 1. The second-order valence-corrected chi connectivity index (χ2v) is 9.09. The fourth-order valence-electron chi connectivity index (χ4n) is 3.62. The zero-order valence-electron chi connectivity index (χ0n) is 18.2. The highest BCUT2D eigenvalue weighted by Gasteiger charge is 2.35. The topological polar surface area (TPSA) is 88.9 Å². The van der Waals surface area contributed by atoms with E-state index in [1.165, 1.54) is 0 Å². The number of imide groups is 1. The number of thioether (sulfide) groups is 1. The van der Waals surface area contributed by atoms with Crippen LogP contribution < -0.4 is 14.2 Å². The number of carbonyl (C=O) groups excluding carboxylic acids is 2. The molecule has 0 aromatic heterocycles. The van der Waals surface area contributed by atoms with Gasteiger partial charge in [-0.1, -0.05) is 41.9 Å². The van der Waals surface area contributed by atoms with Gasteiger partial charge in [-0.25, -0.2) is 0 Å². The largest absolute Gasteiger partial charge is 0.489 e. The SMILES string of the molecule is N#Cc1ccccc1COc1ccc(/C=C2\SC(=O)N(Cc3cc4c(cc3Cl)OCO4)C2=O)cc1. The fraction of sp³-hybridized carbons (Fsp3) is 0.115. The third kappa shape index (κ3) is 4.83. The normalized spacial score (nSPS) is 15.5. The summed E-state index contributed by atoms with van der Waals surface area (Å²) in [5.41, 5.74) is 2.72. The van der Waals surface area contributed by atoms with E-state index in [0.29, 0.717) is 38.3 Å². The lowest BCUT2D eigenvalue weighted by atomic mass is 10.1. The van der Waals surface area contributed by atoms with E-state index in [2.05, 4.69) is 6.07 Å². The van der Waals surface area contributed by atoms with Crippen LogP contribution >= 0.6 is 23.4 Å². The van der Waals surface area contributed by atoms with Crippen molar-refractivity contribution in [1.82, 2.24) is 4.90 Å². The summed E-state index contributed by atoms with van der Waals surface area (Å²) in [6, 6.07) is 19.9. The number of rotatable bonds is 6. The number of benzene rings is 3. The predicted octanol–water partition coefficient (Wildman–Crippen LogP) is 5.76. The van der Waals surface area contributed by atoms with Gasteiger partial charge in [0.15, 0.2) is 11.5 Å². The first-order valence-corrected chi connectivity index (χ1v) is 11.8. The van der Waals surface area contributed by atoms with Crippen LogP contribution in [0, 0.1) is 11.3 Å². The second-order valence-electron chi connectivity index (χ2n) is 7.69. The first-order valence-electron chi connectivity index (χ1n) is 10.6.